The van der Waals surface area contributed by atoms with Gasteiger partial charge in [-0.25, -0.2) is 8.42 Å². The van der Waals surface area contributed by atoms with E-state index in [0.717, 1.165) is 17.5 Å². The first kappa shape index (κ1) is 21.1. The van der Waals surface area contributed by atoms with Gasteiger partial charge < -0.3 is 5.32 Å². The summed E-state index contributed by atoms with van der Waals surface area (Å²) in [5.74, 6) is 0.150. The van der Waals surface area contributed by atoms with Crippen LogP contribution in [0.1, 0.15) is 31.4 Å². The first-order valence-electron chi connectivity index (χ1n) is 9.18. The fourth-order valence-electron chi connectivity index (χ4n) is 2.62. The third kappa shape index (κ3) is 6.81. The first-order chi connectivity index (χ1) is 12.8. The highest BCUT2D eigenvalue weighted by Gasteiger charge is 2.26. The van der Waals surface area contributed by atoms with E-state index in [9.17, 15) is 13.2 Å². The van der Waals surface area contributed by atoms with Crippen molar-refractivity contribution in [3.63, 3.8) is 0 Å². The van der Waals surface area contributed by atoms with E-state index in [0.29, 0.717) is 18.9 Å². The van der Waals surface area contributed by atoms with Crippen molar-refractivity contribution in [2.75, 3.05) is 6.54 Å². The second-order valence-corrected chi connectivity index (χ2v) is 8.86. The molecule has 0 fully saturated rings. The van der Waals surface area contributed by atoms with Gasteiger partial charge in [-0.2, -0.15) is 4.72 Å². The second kappa shape index (κ2) is 9.67. The predicted octanol–water partition coefficient (Wildman–Crippen LogP) is 3.05. The molecule has 6 heteroatoms. The molecular formula is C21H28N2O3S. The van der Waals surface area contributed by atoms with Crippen LogP contribution in [-0.2, 0) is 21.2 Å². The van der Waals surface area contributed by atoms with Gasteiger partial charge in [-0.15, -0.1) is 0 Å². The zero-order chi connectivity index (χ0) is 19.9. The van der Waals surface area contributed by atoms with E-state index in [4.69, 9.17) is 0 Å². The molecule has 0 radical (unpaired) electrons. The highest BCUT2D eigenvalue weighted by atomic mass is 32.2. The number of hydrogen-bond acceptors (Lipinski definition) is 3. The van der Waals surface area contributed by atoms with Crippen LogP contribution < -0.4 is 10.0 Å². The van der Waals surface area contributed by atoms with Crippen LogP contribution in [0.15, 0.2) is 59.5 Å². The zero-order valence-corrected chi connectivity index (χ0v) is 16.9. The summed E-state index contributed by atoms with van der Waals surface area (Å²) in [6, 6.07) is 15.1. The molecule has 0 aliphatic rings. The van der Waals surface area contributed by atoms with Crippen LogP contribution in [0.4, 0.5) is 0 Å². The Balaban J connectivity index is 2.17. The summed E-state index contributed by atoms with van der Waals surface area (Å²) < 4.78 is 28.1. The van der Waals surface area contributed by atoms with Crippen molar-refractivity contribution in [2.24, 2.45) is 5.92 Å². The van der Waals surface area contributed by atoms with Crippen molar-refractivity contribution in [3.8, 4) is 0 Å². The van der Waals surface area contributed by atoms with Crippen LogP contribution in [0.25, 0.3) is 0 Å². The van der Waals surface area contributed by atoms with Crippen molar-refractivity contribution in [2.45, 2.75) is 44.6 Å². The topological polar surface area (TPSA) is 75.3 Å². The van der Waals surface area contributed by atoms with Crippen molar-refractivity contribution >= 4 is 15.9 Å². The number of rotatable bonds is 9. The molecule has 2 aromatic carbocycles. The van der Waals surface area contributed by atoms with Crippen LogP contribution in [0, 0.1) is 12.8 Å². The molecule has 0 unspecified atom stereocenters. The third-order valence-electron chi connectivity index (χ3n) is 4.25. The summed E-state index contributed by atoms with van der Waals surface area (Å²) in [7, 11) is -3.79. The Kier molecular flexibility index (Phi) is 7.56. The van der Waals surface area contributed by atoms with Crippen LogP contribution in [-0.4, -0.2) is 26.9 Å². The molecule has 0 bridgehead atoms. The Hall–Kier alpha value is -2.18. The average molecular weight is 389 g/mol. The smallest absolute Gasteiger partial charge is 0.241 e. The maximum atomic E-state index is 12.7. The number of hydrogen-bond donors (Lipinski definition) is 2. The second-order valence-electron chi connectivity index (χ2n) is 7.15. The van der Waals surface area contributed by atoms with Gasteiger partial charge in [0.1, 0.15) is 6.04 Å². The number of carbonyl (C=O) groups excluding carboxylic acids is 1. The van der Waals surface area contributed by atoms with Gasteiger partial charge in [-0.1, -0.05) is 61.9 Å². The molecule has 5 nitrogen and oxygen atoms in total. The van der Waals surface area contributed by atoms with Crippen LogP contribution >= 0.6 is 0 Å². The van der Waals surface area contributed by atoms with E-state index in [1.54, 1.807) is 24.3 Å². The van der Waals surface area contributed by atoms with Gasteiger partial charge in [0.2, 0.25) is 15.9 Å². The number of benzene rings is 2. The summed E-state index contributed by atoms with van der Waals surface area (Å²) in [5, 5.41) is 2.85. The fourth-order valence-corrected chi connectivity index (χ4v) is 3.81. The molecule has 0 saturated heterocycles. The molecule has 0 aromatic heterocycles. The van der Waals surface area contributed by atoms with E-state index in [1.807, 2.05) is 37.3 Å². The summed E-state index contributed by atoms with van der Waals surface area (Å²) in [4.78, 5) is 12.8. The lowest BCUT2D eigenvalue weighted by atomic mass is 10.1. The molecule has 1 amide bonds. The Morgan fingerprint density at radius 2 is 1.63 bits per heavy atom. The molecule has 0 aliphatic carbocycles. The summed E-state index contributed by atoms with van der Waals surface area (Å²) >= 11 is 0. The van der Waals surface area contributed by atoms with Crippen LogP contribution in [0.3, 0.4) is 0 Å². The number of carbonyl (C=O) groups is 1. The molecule has 0 aliphatic heterocycles. The monoisotopic (exact) mass is 388 g/mol. The molecule has 146 valence electrons. The highest BCUT2D eigenvalue weighted by Crippen LogP contribution is 2.12. The maximum Gasteiger partial charge on any atom is 0.241 e. The van der Waals surface area contributed by atoms with Gasteiger partial charge in [0.15, 0.2) is 0 Å². The van der Waals surface area contributed by atoms with Gasteiger partial charge in [0.25, 0.3) is 0 Å². The Bertz CT molecular complexity index is 831. The highest BCUT2D eigenvalue weighted by molar-refractivity contribution is 7.89. The molecule has 2 N–H and O–H groups in total. The van der Waals surface area contributed by atoms with E-state index in [2.05, 4.69) is 23.9 Å². The summed E-state index contributed by atoms with van der Waals surface area (Å²) in [6.07, 6.45) is 1.13. The average Bonchev–Trinajstić information content (AvgIpc) is 2.62. The first-order valence-corrected chi connectivity index (χ1v) is 10.7. The fraction of sp³-hybridized carbons (Fsp3) is 0.381. The number of aryl methyl sites for hydroxylation is 1. The van der Waals surface area contributed by atoms with E-state index in [-0.39, 0.29) is 10.8 Å². The lowest BCUT2D eigenvalue weighted by Gasteiger charge is -2.19. The summed E-state index contributed by atoms with van der Waals surface area (Å²) in [6.45, 7) is 6.57. The van der Waals surface area contributed by atoms with Crippen molar-refractivity contribution < 1.29 is 13.2 Å². The molecule has 1 atom stereocenters. The van der Waals surface area contributed by atoms with Crippen LogP contribution in [0.5, 0.6) is 0 Å². The molecule has 2 aromatic rings. The molecule has 0 saturated carbocycles. The van der Waals surface area contributed by atoms with E-state index < -0.39 is 16.1 Å². The number of amides is 1. The van der Waals surface area contributed by atoms with Crippen molar-refractivity contribution in [1.82, 2.24) is 10.0 Å². The summed E-state index contributed by atoms with van der Waals surface area (Å²) in [5.41, 5.74) is 1.87. The third-order valence-corrected chi connectivity index (χ3v) is 5.74. The minimum absolute atomic E-state index is 0.154. The molecule has 0 spiro atoms. The van der Waals surface area contributed by atoms with E-state index >= 15 is 0 Å². The lowest BCUT2D eigenvalue weighted by molar-refractivity contribution is -0.122. The Morgan fingerprint density at radius 1 is 1.00 bits per heavy atom. The largest absolute Gasteiger partial charge is 0.355 e. The van der Waals surface area contributed by atoms with Crippen molar-refractivity contribution in [3.05, 3.63) is 65.7 Å². The van der Waals surface area contributed by atoms with Gasteiger partial charge in [0, 0.05) is 6.54 Å². The van der Waals surface area contributed by atoms with Gasteiger partial charge >= 0.3 is 0 Å². The number of nitrogens with one attached hydrogen (secondary N) is 2. The quantitative estimate of drug-likeness (QED) is 0.693. The van der Waals surface area contributed by atoms with Gasteiger partial charge in [-0.05, 0) is 43.4 Å². The predicted molar refractivity (Wildman–Crippen MR) is 108 cm³/mol. The molecule has 2 rings (SSSR count). The van der Waals surface area contributed by atoms with E-state index in [1.165, 1.54) is 0 Å². The Labute approximate surface area is 162 Å². The minimum Gasteiger partial charge on any atom is -0.355 e. The van der Waals surface area contributed by atoms with Crippen molar-refractivity contribution in [1.29, 1.82) is 0 Å². The zero-order valence-electron chi connectivity index (χ0n) is 16.1. The normalized spacial score (nSPS) is 12.7. The SMILES string of the molecule is Cc1ccc(S(=O)(=O)N[C@H](Cc2ccccc2)C(=O)NCCC(C)C)cc1. The Morgan fingerprint density at radius 3 is 2.22 bits per heavy atom. The lowest BCUT2D eigenvalue weighted by Crippen LogP contribution is -2.48. The van der Waals surface area contributed by atoms with Gasteiger partial charge in [0.05, 0.1) is 4.90 Å². The van der Waals surface area contributed by atoms with Crippen LogP contribution in [0.2, 0.25) is 0 Å². The maximum absolute atomic E-state index is 12.7. The molecular weight excluding hydrogens is 360 g/mol. The number of sulfonamides is 1. The van der Waals surface area contributed by atoms with Gasteiger partial charge in [-0.3, -0.25) is 4.79 Å². The molecule has 0 heterocycles. The molecule has 27 heavy (non-hydrogen) atoms. The minimum atomic E-state index is -3.79. The standard InChI is InChI=1S/C21H28N2O3S/c1-16(2)13-14-22-21(24)20(15-18-7-5-4-6-8-18)23-27(25,26)19-11-9-17(3)10-12-19/h4-12,16,20,23H,13-15H2,1-3H3,(H,22,24)/t20-/m1/s1.